The first-order valence-electron chi connectivity index (χ1n) is 5.31. The van der Waals surface area contributed by atoms with Gasteiger partial charge in [-0.3, -0.25) is 0 Å². The lowest BCUT2D eigenvalue weighted by Crippen LogP contribution is -2.14. The van der Waals surface area contributed by atoms with Crippen molar-refractivity contribution in [3.05, 3.63) is 24.0 Å². The van der Waals surface area contributed by atoms with Crippen molar-refractivity contribution in [2.24, 2.45) is 5.41 Å². The molecular formula is C12H22N2. The zero-order chi connectivity index (χ0) is 10.6. The number of aromatic nitrogens is 1. The summed E-state index contributed by atoms with van der Waals surface area (Å²) in [6, 6.07) is 4.30. The third kappa shape index (κ3) is 3.54. The highest BCUT2D eigenvalue weighted by atomic mass is 15.0. The minimum absolute atomic E-state index is 0.418. The summed E-state index contributed by atoms with van der Waals surface area (Å²) in [7, 11) is 1.99. The lowest BCUT2D eigenvalue weighted by molar-refractivity contribution is 0.348. The van der Waals surface area contributed by atoms with Crippen molar-refractivity contribution >= 4 is 0 Å². The summed E-state index contributed by atoms with van der Waals surface area (Å²) in [6.45, 7) is 8.93. The van der Waals surface area contributed by atoms with E-state index in [1.165, 1.54) is 12.1 Å². The quantitative estimate of drug-likeness (QED) is 0.779. The monoisotopic (exact) mass is 194 g/mol. The van der Waals surface area contributed by atoms with Crippen molar-refractivity contribution in [2.75, 3.05) is 7.05 Å². The van der Waals surface area contributed by atoms with Crippen molar-refractivity contribution in [2.45, 2.75) is 40.3 Å². The molecule has 2 nitrogen and oxygen atoms in total. The summed E-state index contributed by atoms with van der Waals surface area (Å²) in [5, 5.41) is 3.19. The first-order chi connectivity index (χ1) is 6.53. The third-order valence-electron chi connectivity index (χ3n) is 2.38. The van der Waals surface area contributed by atoms with Gasteiger partial charge in [-0.15, -0.1) is 0 Å². The van der Waals surface area contributed by atoms with E-state index >= 15 is 0 Å². The fourth-order valence-electron chi connectivity index (χ4n) is 1.47. The van der Waals surface area contributed by atoms with E-state index in [0.717, 1.165) is 13.1 Å². The fourth-order valence-corrected chi connectivity index (χ4v) is 1.47. The number of hydrogen-bond donors (Lipinski definition) is 1. The van der Waals surface area contributed by atoms with Crippen molar-refractivity contribution in [3.63, 3.8) is 0 Å². The van der Waals surface area contributed by atoms with Gasteiger partial charge in [0.05, 0.1) is 0 Å². The molecular weight excluding hydrogens is 172 g/mol. The Morgan fingerprint density at radius 3 is 2.64 bits per heavy atom. The van der Waals surface area contributed by atoms with Gasteiger partial charge in [0.2, 0.25) is 0 Å². The van der Waals surface area contributed by atoms with Crippen LogP contribution in [0.15, 0.2) is 18.3 Å². The predicted molar refractivity (Wildman–Crippen MR) is 61.3 cm³/mol. The second kappa shape index (κ2) is 4.65. The molecule has 0 amide bonds. The van der Waals surface area contributed by atoms with E-state index < -0.39 is 0 Å². The minimum atomic E-state index is 0.418. The van der Waals surface area contributed by atoms with Gasteiger partial charge in [0, 0.05) is 25.0 Å². The Bertz CT molecular complexity index is 268. The Kier molecular flexibility index (Phi) is 3.76. The molecule has 0 unspecified atom stereocenters. The Hall–Kier alpha value is -0.760. The molecule has 2 heteroatoms. The Morgan fingerprint density at radius 1 is 1.36 bits per heavy atom. The van der Waals surface area contributed by atoms with Gasteiger partial charge in [-0.05, 0) is 31.0 Å². The summed E-state index contributed by atoms with van der Waals surface area (Å²) < 4.78 is 2.34. The molecule has 0 radical (unpaired) electrons. The molecule has 1 aromatic heterocycles. The van der Waals surface area contributed by atoms with Crippen molar-refractivity contribution in [1.82, 2.24) is 9.88 Å². The molecule has 0 saturated heterocycles. The number of nitrogens with zero attached hydrogens (tertiary/aromatic N) is 1. The van der Waals surface area contributed by atoms with Gasteiger partial charge in [0.1, 0.15) is 0 Å². The van der Waals surface area contributed by atoms with Crippen molar-refractivity contribution in [3.8, 4) is 0 Å². The Balaban J connectivity index is 2.53. The normalized spacial score (nSPS) is 12.0. The van der Waals surface area contributed by atoms with Gasteiger partial charge in [-0.2, -0.15) is 0 Å². The lowest BCUT2D eigenvalue weighted by Gasteiger charge is -2.19. The van der Waals surface area contributed by atoms with Crippen LogP contribution in [-0.2, 0) is 13.1 Å². The van der Waals surface area contributed by atoms with E-state index in [1.807, 2.05) is 7.05 Å². The van der Waals surface area contributed by atoms with E-state index in [4.69, 9.17) is 0 Å². The fraction of sp³-hybridized carbons (Fsp3) is 0.667. The predicted octanol–water partition coefficient (Wildman–Crippen LogP) is 2.64. The molecule has 1 N–H and O–H groups in total. The van der Waals surface area contributed by atoms with E-state index in [2.05, 4.69) is 49.0 Å². The SMILES string of the molecule is CNCc1cccn1CCC(C)(C)C. The summed E-state index contributed by atoms with van der Waals surface area (Å²) in [4.78, 5) is 0. The molecule has 0 atom stereocenters. The van der Waals surface area contributed by atoms with Crippen LogP contribution in [0.3, 0.4) is 0 Å². The highest BCUT2D eigenvalue weighted by Gasteiger charge is 2.10. The zero-order valence-electron chi connectivity index (χ0n) is 9.80. The molecule has 0 saturated carbocycles. The molecule has 0 spiro atoms. The van der Waals surface area contributed by atoms with Gasteiger partial charge in [0.25, 0.3) is 0 Å². The largest absolute Gasteiger partial charge is 0.350 e. The van der Waals surface area contributed by atoms with Crippen LogP contribution in [0.4, 0.5) is 0 Å². The Labute approximate surface area is 87.3 Å². The van der Waals surface area contributed by atoms with E-state index in [9.17, 15) is 0 Å². The van der Waals surface area contributed by atoms with Crippen LogP contribution in [0.2, 0.25) is 0 Å². The summed E-state index contributed by atoms with van der Waals surface area (Å²) in [5.74, 6) is 0. The minimum Gasteiger partial charge on any atom is -0.350 e. The maximum atomic E-state index is 3.19. The van der Waals surface area contributed by atoms with Crippen molar-refractivity contribution < 1.29 is 0 Å². The smallest absolute Gasteiger partial charge is 0.0356 e. The standard InChI is InChI=1S/C12H22N2/c1-12(2,3)7-9-14-8-5-6-11(14)10-13-4/h5-6,8,13H,7,9-10H2,1-4H3. The molecule has 0 aromatic carbocycles. The molecule has 80 valence electrons. The van der Waals surface area contributed by atoms with Crippen molar-refractivity contribution in [1.29, 1.82) is 0 Å². The molecule has 0 fully saturated rings. The Morgan fingerprint density at radius 2 is 2.07 bits per heavy atom. The van der Waals surface area contributed by atoms with Crippen LogP contribution in [-0.4, -0.2) is 11.6 Å². The van der Waals surface area contributed by atoms with E-state index in [-0.39, 0.29) is 0 Å². The van der Waals surface area contributed by atoms with Crippen LogP contribution in [0.1, 0.15) is 32.9 Å². The molecule has 1 rings (SSSR count). The van der Waals surface area contributed by atoms with Crippen LogP contribution in [0.25, 0.3) is 0 Å². The third-order valence-corrected chi connectivity index (χ3v) is 2.38. The first kappa shape index (κ1) is 11.3. The van der Waals surface area contributed by atoms with E-state index in [1.54, 1.807) is 0 Å². The maximum Gasteiger partial charge on any atom is 0.0356 e. The van der Waals surface area contributed by atoms with Gasteiger partial charge < -0.3 is 9.88 Å². The second-order valence-corrected chi connectivity index (χ2v) is 5.03. The molecule has 0 aliphatic rings. The van der Waals surface area contributed by atoms with Gasteiger partial charge in [-0.25, -0.2) is 0 Å². The molecule has 1 aromatic rings. The molecule has 1 heterocycles. The molecule has 0 bridgehead atoms. The number of nitrogens with one attached hydrogen (secondary N) is 1. The molecule has 0 aliphatic carbocycles. The second-order valence-electron chi connectivity index (χ2n) is 5.03. The zero-order valence-corrected chi connectivity index (χ0v) is 9.80. The van der Waals surface area contributed by atoms with Crippen LogP contribution < -0.4 is 5.32 Å². The summed E-state index contributed by atoms with van der Waals surface area (Å²) >= 11 is 0. The molecule has 0 aliphatic heterocycles. The summed E-state index contributed by atoms with van der Waals surface area (Å²) in [5.41, 5.74) is 1.79. The van der Waals surface area contributed by atoms with Gasteiger partial charge in [-0.1, -0.05) is 20.8 Å². The lowest BCUT2D eigenvalue weighted by atomic mass is 9.92. The number of rotatable bonds is 4. The van der Waals surface area contributed by atoms with Gasteiger partial charge in [0.15, 0.2) is 0 Å². The maximum absolute atomic E-state index is 3.19. The van der Waals surface area contributed by atoms with Crippen LogP contribution >= 0.6 is 0 Å². The molecule has 14 heavy (non-hydrogen) atoms. The average molecular weight is 194 g/mol. The highest BCUT2D eigenvalue weighted by molar-refractivity contribution is 5.06. The number of hydrogen-bond acceptors (Lipinski definition) is 1. The van der Waals surface area contributed by atoms with Crippen LogP contribution in [0.5, 0.6) is 0 Å². The number of aryl methyl sites for hydroxylation is 1. The van der Waals surface area contributed by atoms with E-state index in [0.29, 0.717) is 5.41 Å². The average Bonchev–Trinajstić information content (AvgIpc) is 2.48. The van der Waals surface area contributed by atoms with Crippen LogP contribution in [0, 0.1) is 5.41 Å². The topological polar surface area (TPSA) is 17.0 Å². The highest BCUT2D eigenvalue weighted by Crippen LogP contribution is 2.20. The van der Waals surface area contributed by atoms with Gasteiger partial charge >= 0.3 is 0 Å². The first-order valence-corrected chi connectivity index (χ1v) is 5.31. The summed E-state index contributed by atoms with van der Waals surface area (Å²) in [6.07, 6.45) is 3.39.